The Morgan fingerprint density at radius 3 is 2.77 bits per heavy atom. The lowest BCUT2D eigenvalue weighted by Gasteiger charge is -2.24. The van der Waals surface area contributed by atoms with Crippen LogP contribution in [0.1, 0.15) is 16.5 Å². The molecule has 4 nitrogen and oxygen atoms in total. The van der Waals surface area contributed by atoms with Gasteiger partial charge in [0.15, 0.2) is 11.5 Å². The first-order valence-electron chi connectivity index (χ1n) is 7.01. The highest BCUT2D eigenvalue weighted by molar-refractivity contribution is 8.00. The molecule has 1 saturated heterocycles. The molecule has 5 heteroatoms. The summed E-state index contributed by atoms with van der Waals surface area (Å²) in [5.74, 6) is 1.14. The van der Waals surface area contributed by atoms with Crippen LogP contribution in [0.2, 0.25) is 0 Å². The predicted octanol–water partition coefficient (Wildman–Crippen LogP) is 3.18. The van der Waals surface area contributed by atoms with Crippen LogP contribution in [-0.2, 0) is 11.3 Å². The van der Waals surface area contributed by atoms with Gasteiger partial charge in [-0.1, -0.05) is 36.4 Å². The number of ether oxygens (including phenoxy) is 1. The van der Waals surface area contributed by atoms with Crippen LogP contribution in [0.3, 0.4) is 0 Å². The molecule has 0 radical (unpaired) electrons. The molecule has 1 fully saturated rings. The number of amides is 1. The Bertz CT molecular complexity index is 675. The van der Waals surface area contributed by atoms with Crippen molar-refractivity contribution in [1.82, 2.24) is 4.90 Å². The fourth-order valence-corrected chi connectivity index (χ4v) is 3.71. The molecule has 1 amide bonds. The summed E-state index contributed by atoms with van der Waals surface area (Å²) >= 11 is 1.60. The number of aromatic hydroxyl groups is 1. The summed E-state index contributed by atoms with van der Waals surface area (Å²) in [5.41, 5.74) is 2.07. The smallest absolute Gasteiger partial charge is 0.234 e. The van der Waals surface area contributed by atoms with Gasteiger partial charge in [0, 0.05) is 6.54 Å². The summed E-state index contributed by atoms with van der Waals surface area (Å²) in [4.78, 5) is 14.1. The molecule has 1 atom stereocenters. The first-order valence-corrected chi connectivity index (χ1v) is 8.06. The van der Waals surface area contributed by atoms with Crippen LogP contribution in [0.5, 0.6) is 11.5 Å². The molecular formula is C17H17NO3S. The van der Waals surface area contributed by atoms with Gasteiger partial charge in [0.25, 0.3) is 0 Å². The van der Waals surface area contributed by atoms with Crippen LogP contribution >= 0.6 is 11.8 Å². The predicted molar refractivity (Wildman–Crippen MR) is 86.8 cm³/mol. The molecule has 0 spiro atoms. The maximum Gasteiger partial charge on any atom is 0.234 e. The quantitative estimate of drug-likeness (QED) is 0.941. The highest BCUT2D eigenvalue weighted by Crippen LogP contribution is 2.41. The van der Waals surface area contributed by atoms with E-state index in [9.17, 15) is 9.90 Å². The average molecular weight is 315 g/mol. The molecule has 22 heavy (non-hydrogen) atoms. The third kappa shape index (κ3) is 2.90. The van der Waals surface area contributed by atoms with Crippen molar-refractivity contribution in [3.05, 3.63) is 59.7 Å². The maximum atomic E-state index is 12.2. The molecule has 0 saturated carbocycles. The van der Waals surface area contributed by atoms with Crippen molar-refractivity contribution in [2.75, 3.05) is 12.9 Å². The monoisotopic (exact) mass is 315 g/mol. The van der Waals surface area contributed by atoms with E-state index in [2.05, 4.69) is 0 Å². The van der Waals surface area contributed by atoms with Gasteiger partial charge >= 0.3 is 0 Å². The van der Waals surface area contributed by atoms with Gasteiger partial charge in [-0.25, -0.2) is 0 Å². The number of phenols is 1. The Balaban J connectivity index is 1.87. The molecular weight excluding hydrogens is 298 g/mol. The van der Waals surface area contributed by atoms with Crippen LogP contribution in [-0.4, -0.2) is 28.8 Å². The lowest BCUT2D eigenvalue weighted by atomic mass is 10.1. The third-order valence-corrected chi connectivity index (χ3v) is 4.91. The number of hydrogen-bond acceptors (Lipinski definition) is 4. The van der Waals surface area contributed by atoms with E-state index in [1.807, 2.05) is 41.3 Å². The van der Waals surface area contributed by atoms with E-state index in [1.165, 1.54) is 7.11 Å². The van der Waals surface area contributed by atoms with E-state index in [0.29, 0.717) is 18.0 Å². The van der Waals surface area contributed by atoms with Crippen molar-refractivity contribution in [3.8, 4) is 11.5 Å². The van der Waals surface area contributed by atoms with Crippen molar-refractivity contribution >= 4 is 17.7 Å². The van der Waals surface area contributed by atoms with Crippen molar-refractivity contribution < 1.29 is 14.6 Å². The topological polar surface area (TPSA) is 49.8 Å². The molecule has 1 N–H and O–H groups in total. The van der Waals surface area contributed by atoms with E-state index in [-0.39, 0.29) is 17.0 Å². The van der Waals surface area contributed by atoms with Gasteiger partial charge in [0.2, 0.25) is 5.91 Å². The SMILES string of the molecule is COc1cc([C@@H]2SCC(=O)N2Cc2ccccc2)ccc1O. The second-order valence-electron chi connectivity index (χ2n) is 5.10. The van der Waals surface area contributed by atoms with Gasteiger partial charge in [-0.15, -0.1) is 11.8 Å². The lowest BCUT2D eigenvalue weighted by molar-refractivity contribution is -0.128. The second-order valence-corrected chi connectivity index (χ2v) is 6.17. The van der Waals surface area contributed by atoms with Crippen LogP contribution in [0, 0.1) is 0 Å². The van der Waals surface area contributed by atoms with E-state index >= 15 is 0 Å². The van der Waals surface area contributed by atoms with Crippen molar-refractivity contribution in [1.29, 1.82) is 0 Å². The molecule has 1 aliphatic heterocycles. The van der Waals surface area contributed by atoms with Gasteiger partial charge in [0.05, 0.1) is 12.9 Å². The number of thioether (sulfide) groups is 1. The summed E-state index contributed by atoms with van der Waals surface area (Å²) in [6.07, 6.45) is 0. The average Bonchev–Trinajstić information content (AvgIpc) is 2.90. The van der Waals surface area contributed by atoms with E-state index in [4.69, 9.17) is 4.74 Å². The fourth-order valence-electron chi connectivity index (χ4n) is 2.53. The summed E-state index contributed by atoms with van der Waals surface area (Å²) < 4.78 is 5.16. The van der Waals surface area contributed by atoms with E-state index < -0.39 is 0 Å². The highest BCUT2D eigenvalue weighted by Gasteiger charge is 2.33. The van der Waals surface area contributed by atoms with E-state index in [0.717, 1.165) is 11.1 Å². The normalized spacial score (nSPS) is 17.8. The van der Waals surface area contributed by atoms with E-state index in [1.54, 1.807) is 23.9 Å². The van der Waals surface area contributed by atoms with Gasteiger partial charge in [-0.05, 0) is 23.3 Å². The number of carbonyl (C=O) groups is 1. The Labute approximate surface area is 133 Å². The molecule has 2 aromatic carbocycles. The first kappa shape index (κ1) is 14.8. The minimum absolute atomic E-state index is 0.0535. The summed E-state index contributed by atoms with van der Waals surface area (Å²) in [7, 11) is 1.52. The Hall–Kier alpha value is -2.14. The summed E-state index contributed by atoms with van der Waals surface area (Å²) in [6.45, 7) is 0.584. The number of hydrogen-bond donors (Lipinski definition) is 1. The summed E-state index contributed by atoms with van der Waals surface area (Å²) in [6, 6.07) is 15.2. The molecule has 1 aliphatic rings. The molecule has 0 aliphatic carbocycles. The maximum absolute atomic E-state index is 12.2. The molecule has 0 unspecified atom stereocenters. The van der Waals surface area contributed by atoms with Crippen molar-refractivity contribution in [2.24, 2.45) is 0 Å². The zero-order valence-electron chi connectivity index (χ0n) is 12.2. The molecule has 0 bridgehead atoms. The Morgan fingerprint density at radius 1 is 1.27 bits per heavy atom. The molecule has 2 aromatic rings. The minimum atomic E-state index is -0.0535. The van der Waals surface area contributed by atoms with Crippen LogP contribution in [0.25, 0.3) is 0 Å². The van der Waals surface area contributed by atoms with Crippen molar-refractivity contribution in [3.63, 3.8) is 0 Å². The van der Waals surface area contributed by atoms with Crippen LogP contribution in [0.4, 0.5) is 0 Å². The number of phenolic OH excluding ortho intramolecular Hbond substituents is 1. The molecule has 3 rings (SSSR count). The molecule has 0 aromatic heterocycles. The van der Waals surface area contributed by atoms with Gasteiger partial charge in [-0.3, -0.25) is 4.79 Å². The standard InChI is InChI=1S/C17H17NO3S/c1-21-15-9-13(7-8-14(15)19)17-18(16(20)11-22-17)10-12-5-3-2-4-6-12/h2-9,17,19H,10-11H2,1H3/t17-/m0/s1. The molecule has 1 heterocycles. The lowest BCUT2D eigenvalue weighted by Crippen LogP contribution is -2.27. The highest BCUT2D eigenvalue weighted by atomic mass is 32.2. The first-order chi connectivity index (χ1) is 10.7. The Morgan fingerprint density at radius 2 is 2.05 bits per heavy atom. The van der Waals surface area contributed by atoms with Gasteiger partial charge < -0.3 is 14.7 Å². The number of benzene rings is 2. The third-order valence-electron chi connectivity index (χ3n) is 3.65. The van der Waals surface area contributed by atoms with Crippen molar-refractivity contribution in [2.45, 2.75) is 11.9 Å². The molecule has 114 valence electrons. The fraction of sp³-hybridized carbons (Fsp3) is 0.235. The van der Waals surface area contributed by atoms with Gasteiger partial charge in [-0.2, -0.15) is 0 Å². The summed E-state index contributed by atoms with van der Waals surface area (Å²) in [5, 5.41) is 9.67. The number of nitrogens with zero attached hydrogens (tertiary/aromatic N) is 1. The van der Waals surface area contributed by atoms with Crippen LogP contribution in [0.15, 0.2) is 48.5 Å². The zero-order valence-corrected chi connectivity index (χ0v) is 13.0. The minimum Gasteiger partial charge on any atom is -0.504 e. The second kappa shape index (κ2) is 6.32. The van der Waals surface area contributed by atoms with Gasteiger partial charge in [0.1, 0.15) is 5.37 Å². The Kier molecular flexibility index (Phi) is 4.24. The zero-order chi connectivity index (χ0) is 15.5. The number of rotatable bonds is 4. The number of carbonyl (C=O) groups excluding carboxylic acids is 1. The van der Waals surface area contributed by atoms with Crippen LogP contribution < -0.4 is 4.74 Å². The number of methoxy groups -OCH3 is 1. The largest absolute Gasteiger partial charge is 0.504 e.